The minimum atomic E-state index is -3.62. The maximum Gasteiger partial charge on any atom is 0.269 e. The number of hydrazine groups is 1. The van der Waals surface area contributed by atoms with Gasteiger partial charge in [-0.25, -0.2) is 8.42 Å². The number of thiocarbonyl (C=S) groups is 1. The van der Waals surface area contributed by atoms with Crippen LogP contribution in [0.25, 0.3) is 0 Å². The number of nitrogens with zero attached hydrogens (tertiary/aromatic N) is 1. The molecule has 0 aromatic heterocycles. The predicted molar refractivity (Wildman–Crippen MR) is 114 cm³/mol. The molecule has 0 saturated carbocycles. The third kappa shape index (κ3) is 6.15. The summed E-state index contributed by atoms with van der Waals surface area (Å²) in [5.74, 6) is 0.106. The zero-order valence-corrected chi connectivity index (χ0v) is 18.3. The summed E-state index contributed by atoms with van der Waals surface area (Å²) >= 11 is 5.12. The molecular weight excluding hydrogens is 396 g/mol. The number of piperidine rings is 1. The van der Waals surface area contributed by atoms with Crippen molar-refractivity contribution in [1.82, 2.24) is 20.5 Å². The molecule has 2 rings (SSSR count). The van der Waals surface area contributed by atoms with E-state index in [0.29, 0.717) is 24.1 Å². The van der Waals surface area contributed by atoms with Crippen LogP contribution in [-0.4, -0.2) is 42.9 Å². The van der Waals surface area contributed by atoms with E-state index in [1.807, 2.05) is 6.92 Å². The lowest BCUT2D eigenvalue weighted by molar-refractivity contribution is 0.0943. The quantitative estimate of drug-likeness (QED) is 0.478. The van der Waals surface area contributed by atoms with Gasteiger partial charge in [0.15, 0.2) is 5.11 Å². The molecule has 1 saturated heterocycles. The van der Waals surface area contributed by atoms with Crippen molar-refractivity contribution in [3.8, 4) is 0 Å². The lowest BCUT2D eigenvalue weighted by atomic mass is 10.1. The molecule has 28 heavy (non-hydrogen) atoms. The molecule has 1 aromatic carbocycles. The van der Waals surface area contributed by atoms with Gasteiger partial charge in [0.05, 0.1) is 4.90 Å². The fraction of sp³-hybridized carbons (Fsp3) is 0.579. The molecule has 1 aromatic rings. The Kier molecular flexibility index (Phi) is 8.21. The SMILES string of the molecule is CC(C)CCNC(=S)NNC(=O)c1cccc(S(=O)(=O)N2CCCC[C@H]2C)c1. The Morgan fingerprint density at radius 2 is 2.04 bits per heavy atom. The van der Waals surface area contributed by atoms with E-state index >= 15 is 0 Å². The number of nitrogens with one attached hydrogen (secondary N) is 3. The summed E-state index contributed by atoms with van der Waals surface area (Å²) < 4.78 is 27.4. The van der Waals surface area contributed by atoms with Gasteiger partial charge in [0.2, 0.25) is 10.0 Å². The molecule has 9 heteroatoms. The van der Waals surface area contributed by atoms with Crippen molar-refractivity contribution in [3.63, 3.8) is 0 Å². The van der Waals surface area contributed by atoms with Gasteiger partial charge in [-0.1, -0.05) is 26.3 Å². The summed E-state index contributed by atoms with van der Waals surface area (Å²) in [6.07, 6.45) is 3.70. The zero-order valence-electron chi connectivity index (χ0n) is 16.7. The number of sulfonamides is 1. The first kappa shape index (κ1) is 22.6. The lowest BCUT2D eigenvalue weighted by Crippen LogP contribution is -2.47. The van der Waals surface area contributed by atoms with E-state index in [0.717, 1.165) is 25.7 Å². The summed E-state index contributed by atoms with van der Waals surface area (Å²) in [4.78, 5) is 12.5. The Morgan fingerprint density at radius 3 is 2.71 bits per heavy atom. The Bertz CT molecular complexity index is 796. The highest BCUT2D eigenvalue weighted by atomic mass is 32.2. The van der Waals surface area contributed by atoms with Crippen LogP contribution < -0.4 is 16.2 Å². The Morgan fingerprint density at radius 1 is 1.29 bits per heavy atom. The molecule has 1 fully saturated rings. The van der Waals surface area contributed by atoms with Crippen LogP contribution in [0.1, 0.15) is 56.8 Å². The maximum absolute atomic E-state index is 13.0. The monoisotopic (exact) mass is 426 g/mol. The molecule has 3 N–H and O–H groups in total. The molecule has 0 aliphatic carbocycles. The molecule has 1 atom stereocenters. The summed E-state index contributed by atoms with van der Waals surface area (Å²) in [5.41, 5.74) is 5.40. The number of amides is 1. The molecule has 156 valence electrons. The van der Waals surface area contributed by atoms with Crippen LogP contribution in [0.2, 0.25) is 0 Å². The van der Waals surface area contributed by atoms with Crippen LogP contribution in [0.5, 0.6) is 0 Å². The second-order valence-corrected chi connectivity index (χ2v) is 9.80. The van der Waals surface area contributed by atoms with Crippen molar-refractivity contribution < 1.29 is 13.2 Å². The predicted octanol–water partition coefficient (Wildman–Crippen LogP) is 2.40. The second-order valence-electron chi connectivity index (χ2n) is 7.51. The number of rotatable bonds is 6. The Hall–Kier alpha value is -1.71. The fourth-order valence-electron chi connectivity index (χ4n) is 3.07. The molecule has 0 unspecified atom stereocenters. The molecule has 7 nitrogen and oxygen atoms in total. The topological polar surface area (TPSA) is 90.5 Å². The van der Waals surface area contributed by atoms with Crippen LogP contribution in [0.15, 0.2) is 29.2 Å². The van der Waals surface area contributed by atoms with Crippen LogP contribution >= 0.6 is 12.2 Å². The number of carbonyl (C=O) groups excluding carboxylic acids is 1. The largest absolute Gasteiger partial charge is 0.361 e. The van der Waals surface area contributed by atoms with Crippen LogP contribution in [0.4, 0.5) is 0 Å². The van der Waals surface area contributed by atoms with Gasteiger partial charge in [-0.05, 0) is 62.5 Å². The van der Waals surface area contributed by atoms with E-state index in [1.54, 1.807) is 12.1 Å². The van der Waals surface area contributed by atoms with E-state index in [4.69, 9.17) is 12.2 Å². The maximum atomic E-state index is 13.0. The molecule has 0 bridgehead atoms. The molecule has 0 radical (unpaired) electrons. The first-order valence-electron chi connectivity index (χ1n) is 9.68. The highest BCUT2D eigenvalue weighted by Crippen LogP contribution is 2.25. The van der Waals surface area contributed by atoms with E-state index in [-0.39, 0.29) is 16.5 Å². The van der Waals surface area contributed by atoms with Crippen LogP contribution in [0.3, 0.4) is 0 Å². The van der Waals surface area contributed by atoms with Crippen molar-refractivity contribution in [3.05, 3.63) is 29.8 Å². The summed E-state index contributed by atoms with van der Waals surface area (Å²) in [7, 11) is -3.62. The van der Waals surface area contributed by atoms with Crippen LogP contribution in [-0.2, 0) is 10.0 Å². The standard InChI is InChI=1S/C19H30N4O3S2/c1-14(2)10-11-20-19(27)22-21-18(24)16-8-6-9-17(13-16)28(25,26)23-12-5-4-7-15(23)3/h6,8-9,13-15H,4-5,7,10-12H2,1-3H3,(H,21,24)(H2,20,22,27)/t15-/m1/s1. The smallest absolute Gasteiger partial charge is 0.269 e. The van der Waals surface area contributed by atoms with E-state index in [9.17, 15) is 13.2 Å². The fourth-order valence-corrected chi connectivity index (χ4v) is 4.97. The average Bonchev–Trinajstić information content (AvgIpc) is 2.66. The third-order valence-corrected chi connectivity index (χ3v) is 7.00. The van der Waals surface area contributed by atoms with Gasteiger partial charge >= 0.3 is 0 Å². The molecule has 1 heterocycles. The van der Waals surface area contributed by atoms with Crippen molar-refractivity contribution in [2.24, 2.45) is 5.92 Å². The van der Waals surface area contributed by atoms with Crippen LogP contribution in [0, 0.1) is 5.92 Å². The van der Waals surface area contributed by atoms with Crippen molar-refractivity contribution >= 4 is 33.3 Å². The number of carbonyl (C=O) groups is 1. The number of hydrogen-bond acceptors (Lipinski definition) is 4. The molecule has 1 aliphatic heterocycles. The highest BCUT2D eigenvalue weighted by Gasteiger charge is 2.31. The Labute approximate surface area is 173 Å². The first-order valence-corrected chi connectivity index (χ1v) is 11.5. The van der Waals surface area contributed by atoms with Gasteiger partial charge in [0.25, 0.3) is 5.91 Å². The second kappa shape index (κ2) is 10.2. The average molecular weight is 427 g/mol. The Balaban J connectivity index is 2.00. The van der Waals surface area contributed by atoms with Crippen molar-refractivity contribution in [2.75, 3.05) is 13.1 Å². The zero-order chi connectivity index (χ0) is 20.7. The normalized spacial score (nSPS) is 17.9. The highest BCUT2D eigenvalue weighted by molar-refractivity contribution is 7.89. The molecular formula is C19H30N4O3S2. The van der Waals surface area contributed by atoms with Gasteiger partial charge in [0.1, 0.15) is 0 Å². The van der Waals surface area contributed by atoms with Crippen molar-refractivity contribution in [1.29, 1.82) is 0 Å². The minimum Gasteiger partial charge on any atom is -0.361 e. The first-order chi connectivity index (χ1) is 13.2. The molecule has 0 spiro atoms. The van der Waals surface area contributed by atoms with Gasteiger partial charge in [-0.3, -0.25) is 15.6 Å². The number of hydrogen-bond donors (Lipinski definition) is 3. The van der Waals surface area contributed by atoms with Gasteiger partial charge in [0, 0.05) is 24.7 Å². The minimum absolute atomic E-state index is 0.0350. The summed E-state index contributed by atoms with van der Waals surface area (Å²) in [6, 6.07) is 6.05. The van der Waals surface area contributed by atoms with E-state index in [2.05, 4.69) is 30.0 Å². The third-order valence-electron chi connectivity index (χ3n) is 4.74. The van der Waals surface area contributed by atoms with Gasteiger partial charge in [-0.2, -0.15) is 4.31 Å². The lowest BCUT2D eigenvalue weighted by Gasteiger charge is -2.32. The van der Waals surface area contributed by atoms with Gasteiger partial charge < -0.3 is 5.32 Å². The summed E-state index contributed by atoms with van der Waals surface area (Å²) in [5, 5.41) is 3.33. The van der Waals surface area contributed by atoms with Crippen molar-refractivity contribution in [2.45, 2.75) is 57.4 Å². The van der Waals surface area contributed by atoms with Gasteiger partial charge in [-0.15, -0.1) is 0 Å². The van der Waals surface area contributed by atoms with E-state index in [1.165, 1.54) is 16.4 Å². The molecule has 1 amide bonds. The summed E-state index contributed by atoms with van der Waals surface area (Å²) in [6.45, 7) is 7.38. The van der Waals surface area contributed by atoms with E-state index < -0.39 is 15.9 Å². The molecule has 1 aliphatic rings. The number of benzene rings is 1.